The number of rotatable bonds is 3. The van der Waals surface area contributed by atoms with Crippen LogP contribution in [0.5, 0.6) is 0 Å². The molecule has 2 aromatic heterocycles. The Morgan fingerprint density at radius 2 is 2.08 bits per heavy atom. The van der Waals surface area contributed by atoms with Crippen molar-refractivity contribution in [2.24, 2.45) is 0 Å². The topological polar surface area (TPSA) is 64.0 Å². The zero-order chi connectivity index (χ0) is 17.4. The third-order valence-electron chi connectivity index (χ3n) is 4.40. The highest BCUT2D eigenvalue weighted by atomic mass is 79.9. The third kappa shape index (κ3) is 3.14. The SMILES string of the molecule is O=C(Cn1cnc2sc3c(c2c1=O)CCCC3)Nc1ccccc1Br. The van der Waals surface area contributed by atoms with E-state index in [-0.39, 0.29) is 18.0 Å². The summed E-state index contributed by atoms with van der Waals surface area (Å²) >= 11 is 5.01. The van der Waals surface area contributed by atoms with Crippen LogP contribution in [0.25, 0.3) is 10.2 Å². The van der Waals surface area contributed by atoms with E-state index < -0.39 is 0 Å². The quantitative estimate of drug-likeness (QED) is 0.705. The number of halogens is 1. The van der Waals surface area contributed by atoms with Crippen molar-refractivity contribution >= 4 is 49.1 Å². The molecule has 0 saturated carbocycles. The van der Waals surface area contributed by atoms with Crippen molar-refractivity contribution in [3.8, 4) is 0 Å². The minimum absolute atomic E-state index is 0.0479. The zero-order valence-electron chi connectivity index (χ0n) is 13.4. The van der Waals surface area contributed by atoms with Crippen LogP contribution in [0.4, 0.5) is 5.69 Å². The number of nitrogens with zero attached hydrogens (tertiary/aromatic N) is 2. The summed E-state index contributed by atoms with van der Waals surface area (Å²) in [6.45, 7) is -0.0479. The van der Waals surface area contributed by atoms with Crippen LogP contribution >= 0.6 is 27.3 Å². The van der Waals surface area contributed by atoms with Gasteiger partial charge in [0.25, 0.3) is 5.56 Å². The summed E-state index contributed by atoms with van der Waals surface area (Å²) in [5.41, 5.74) is 1.71. The van der Waals surface area contributed by atoms with Crippen molar-refractivity contribution in [1.82, 2.24) is 9.55 Å². The number of amides is 1. The van der Waals surface area contributed by atoms with Gasteiger partial charge < -0.3 is 5.32 Å². The lowest BCUT2D eigenvalue weighted by atomic mass is 9.97. The highest BCUT2D eigenvalue weighted by Gasteiger charge is 2.20. The molecule has 7 heteroatoms. The lowest BCUT2D eigenvalue weighted by Crippen LogP contribution is -2.28. The molecule has 5 nitrogen and oxygen atoms in total. The van der Waals surface area contributed by atoms with Gasteiger partial charge in [-0.3, -0.25) is 14.2 Å². The van der Waals surface area contributed by atoms with Crippen LogP contribution < -0.4 is 10.9 Å². The maximum atomic E-state index is 12.9. The number of anilines is 1. The molecule has 0 unspecified atom stereocenters. The van der Waals surface area contributed by atoms with Gasteiger partial charge in [0.2, 0.25) is 5.91 Å². The van der Waals surface area contributed by atoms with Gasteiger partial charge in [-0.15, -0.1) is 11.3 Å². The zero-order valence-corrected chi connectivity index (χ0v) is 15.8. The fourth-order valence-electron chi connectivity index (χ4n) is 3.20. The van der Waals surface area contributed by atoms with Crippen molar-refractivity contribution in [1.29, 1.82) is 0 Å². The minimum Gasteiger partial charge on any atom is -0.324 e. The number of carbonyl (C=O) groups is 1. The molecule has 25 heavy (non-hydrogen) atoms. The second kappa shape index (κ2) is 6.72. The Morgan fingerprint density at radius 1 is 1.28 bits per heavy atom. The number of para-hydroxylation sites is 1. The molecule has 0 radical (unpaired) electrons. The van der Waals surface area contributed by atoms with Crippen molar-refractivity contribution in [3.05, 3.63) is 55.9 Å². The molecule has 0 spiro atoms. The third-order valence-corrected chi connectivity index (χ3v) is 6.30. The molecule has 1 aromatic carbocycles. The molecular weight excluding hydrogens is 402 g/mol. The van der Waals surface area contributed by atoms with E-state index in [2.05, 4.69) is 26.2 Å². The first-order valence-electron chi connectivity index (χ1n) is 8.17. The van der Waals surface area contributed by atoms with Crippen LogP contribution in [0, 0.1) is 0 Å². The molecule has 1 aliphatic rings. The number of benzene rings is 1. The molecule has 0 atom stereocenters. The van der Waals surface area contributed by atoms with Gasteiger partial charge in [-0.25, -0.2) is 4.98 Å². The van der Waals surface area contributed by atoms with Crippen LogP contribution in [-0.2, 0) is 24.2 Å². The fourth-order valence-corrected chi connectivity index (χ4v) is 4.80. The Balaban J connectivity index is 1.63. The van der Waals surface area contributed by atoms with Gasteiger partial charge in [0.05, 0.1) is 17.4 Å². The molecule has 0 bridgehead atoms. The molecule has 0 saturated heterocycles. The first-order valence-corrected chi connectivity index (χ1v) is 9.78. The summed E-state index contributed by atoms with van der Waals surface area (Å²) in [6, 6.07) is 7.38. The van der Waals surface area contributed by atoms with E-state index >= 15 is 0 Å². The Labute approximate surface area is 156 Å². The van der Waals surface area contributed by atoms with Gasteiger partial charge in [0, 0.05) is 9.35 Å². The highest BCUT2D eigenvalue weighted by Crippen LogP contribution is 2.33. The minimum atomic E-state index is -0.251. The second-order valence-electron chi connectivity index (χ2n) is 6.10. The summed E-state index contributed by atoms with van der Waals surface area (Å²) in [5, 5.41) is 3.52. The van der Waals surface area contributed by atoms with E-state index in [1.807, 2.05) is 24.3 Å². The Bertz CT molecular complexity index is 1020. The molecule has 1 aliphatic carbocycles. The molecule has 1 N–H and O–H groups in total. The average Bonchev–Trinajstić information content (AvgIpc) is 2.99. The largest absolute Gasteiger partial charge is 0.324 e. The Hall–Kier alpha value is -1.99. The Morgan fingerprint density at radius 3 is 2.92 bits per heavy atom. The molecule has 2 heterocycles. The van der Waals surface area contributed by atoms with Crippen LogP contribution in [0.2, 0.25) is 0 Å². The van der Waals surface area contributed by atoms with E-state index in [4.69, 9.17) is 0 Å². The van der Waals surface area contributed by atoms with Crippen LogP contribution in [-0.4, -0.2) is 15.5 Å². The lowest BCUT2D eigenvalue weighted by Gasteiger charge is -2.11. The summed E-state index contributed by atoms with van der Waals surface area (Å²) in [7, 11) is 0. The Kier molecular flexibility index (Phi) is 4.43. The van der Waals surface area contributed by atoms with Gasteiger partial charge in [-0.1, -0.05) is 12.1 Å². The summed E-state index contributed by atoms with van der Waals surface area (Å²) in [5.74, 6) is -0.251. The molecule has 4 rings (SSSR count). The van der Waals surface area contributed by atoms with E-state index in [0.717, 1.165) is 34.1 Å². The van der Waals surface area contributed by atoms with Gasteiger partial charge in [-0.05, 0) is 59.3 Å². The summed E-state index contributed by atoms with van der Waals surface area (Å²) < 4.78 is 2.20. The predicted octanol–water partition coefficient (Wildman–Crippen LogP) is 3.74. The number of thiophene rings is 1. The fraction of sp³-hybridized carbons (Fsp3) is 0.278. The predicted molar refractivity (Wildman–Crippen MR) is 103 cm³/mol. The molecule has 3 aromatic rings. The molecular formula is C18H16BrN3O2S. The number of aromatic nitrogens is 2. The molecule has 1 amide bonds. The second-order valence-corrected chi connectivity index (χ2v) is 8.03. The normalized spacial score (nSPS) is 13.6. The van der Waals surface area contributed by atoms with E-state index in [1.54, 1.807) is 11.3 Å². The standard InChI is InChI=1S/C18H16BrN3O2S/c19-12-6-2-3-7-13(12)21-15(23)9-22-10-20-17-16(18(22)24)11-5-1-4-8-14(11)25-17/h2-3,6-7,10H,1,4-5,8-9H2,(H,21,23). The first kappa shape index (κ1) is 16.5. The van der Waals surface area contributed by atoms with E-state index in [0.29, 0.717) is 11.1 Å². The molecule has 0 aliphatic heterocycles. The molecule has 0 fully saturated rings. The first-order chi connectivity index (χ1) is 12.1. The van der Waals surface area contributed by atoms with Gasteiger partial charge in [0.15, 0.2) is 0 Å². The number of aryl methyl sites for hydroxylation is 2. The number of hydrogen-bond donors (Lipinski definition) is 1. The van der Waals surface area contributed by atoms with E-state index in [9.17, 15) is 9.59 Å². The van der Waals surface area contributed by atoms with Crippen LogP contribution in [0.15, 0.2) is 39.9 Å². The average molecular weight is 418 g/mol. The van der Waals surface area contributed by atoms with Crippen molar-refractivity contribution < 1.29 is 4.79 Å². The van der Waals surface area contributed by atoms with Gasteiger partial charge >= 0.3 is 0 Å². The summed E-state index contributed by atoms with van der Waals surface area (Å²) in [4.78, 5) is 31.7. The molecule has 128 valence electrons. The van der Waals surface area contributed by atoms with Gasteiger partial charge in [0.1, 0.15) is 11.4 Å². The lowest BCUT2D eigenvalue weighted by molar-refractivity contribution is -0.116. The van der Waals surface area contributed by atoms with Crippen LogP contribution in [0.1, 0.15) is 23.3 Å². The van der Waals surface area contributed by atoms with E-state index in [1.165, 1.54) is 22.2 Å². The number of carbonyl (C=O) groups excluding carboxylic acids is 1. The smallest absolute Gasteiger partial charge is 0.262 e. The van der Waals surface area contributed by atoms with Gasteiger partial charge in [-0.2, -0.15) is 0 Å². The van der Waals surface area contributed by atoms with Crippen LogP contribution in [0.3, 0.4) is 0 Å². The highest BCUT2D eigenvalue weighted by molar-refractivity contribution is 9.10. The van der Waals surface area contributed by atoms with Crippen molar-refractivity contribution in [2.45, 2.75) is 32.2 Å². The monoisotopic (exact) mass is 417 g/mol. The summed E-state index contributed by atoms with van der Waals surface area (Å²) in [6.07, 6.45) is 5.71. The number of hydrogen-bond acceptors (Lipinski definition) is 4. The number of nitrogens with one attached hydrogen (secondary N) is 1. The van der Waals surface area contributed by atoms with Crippen molar-refractivity contribution in [3.63, 3.8) is 0 Å². The number of fused-ring (bicyclic) bond motifs is 3. The maximum absolute atomic E-state index is 12.9. The maximum Gasteiger partial charge on any atom is 0.262 e. The van der Waals surface area contributed by atoms with Crippen molar-refractivity contribution in [2.75, 3.05) is 5.32 Å².